The maximum Gasteiger partial charge on any atom is 0.328 e. The van der Waals surface area contributed by atoms with Crippen LogP contribution in [0.5, 0.6) is 0 Å². The molecule has 1 aliphatic carbocycles. The highest BCUT2D eigenvalue weighted by molar-refractivity contribution is 8.76. The summed E-state index contributed by atoms with van der Waals surface area (Å²) >= 11 is 0. The van der Waals surface area contributed by atoms with E-state index in [1.165, 1.54) is 21.6 Å². The van der Waals surface area contributed by atoms with Crippen LogP contribution in [0.4, 0.5) is 0 Å². The molecule has 0 radical (unpaired) electrons. The monoisotopic (exact) mass is 419 g/mol. The first kappa shape index (κ1) is 20.9. The lowest BCUT2D eigenvalue weighted by Crippen LogP contribution is -2.38. The van der Waals surface area contributed by atoms with E-state index in [9.17, 15) is 27.4 Å². The van der Waals surface area contributed by atoms with Gasteiger partial charge in [-0.2, -0.15) is 8.42 Å². The maximum atomic E-state index is 12.0. The van der Waals surface area contributed by atoms with Crippen LogP contribution in [0.3, 0.4) is 0 Å². The summed E-state index contributed by atoms with van der Waals surface area (Å²) in [5, 5.41) is -1.13. The minimum absolute atomic E-state index is 0.0383. The Morgan fingerprint density at radius 3 is 2.54 bits per heavy atom. The van der Waals surface area contributed by atoms with Crippen molar-refractivity contribution in [2.45, 2.75) is 42.6 Å². The van der Waals surface area contributed by atoms with E-state index < -0.39 is 39.0 Å². The lowest BCUT2D eigenvalue weighted by Gasteiger charge is -2.15. The molecule has 2 rings (SSSR count). The molecule has 1 unspecified atom stereocenters. The zero-order chi connectivity index (χ0) is 19.3. The molecule has 1 aliphatic rings. The van der Waals surface area contributed by atoms with Gasteiger partial charge in [-0.25, -0.2) is 4.98 Å². The zero-order valence-electron chi connectivity index (χ0n) is 13.8. The molecule has 1 heterocycles. The van der Waals surface area contributed by atoms with E-state index in [2.05, 4.69) is 4.98 Å². The van der Waals surface area contributed by atoms with Gasteiger partial charge in [0, 0.05) is 24.8 Å². The van der Waals surface area contributed by atoms with Crippen molar-refractivity contribution in [2.75, 3.05) is 5.75 Å². The fraction of sp³-hybridized carbons (Fsp3) is 0.467. The summed E-state index contributed by atoms with van der Waals surface area (Å²) < 4.78 is 37.0. The van der Waals surface area contributed by atoms with Gasteiger partial charge in [0.1, 0.15) is 5.03 Å². The van der Waals surface area contributed by atoms with Crippen molar-refractivity contribution < 1.29 is 32.1 Å². The number of hydrogen-bond acceptors (Lipinski definition) is 9. The quantitative estimate of drug-likeness (QED) is 0.218. The van der Waals surface area contributed by atoms with Gasteiger partial charge in [-0.3, -0.25) is 18.9 Å². The van der Waals surface area contributed by atoms with Crippen LogP contribution in [0.25, 0.3) is 0 Å². The predicted molar refractivity (Wildman–Crippen MR) is 96.4 cm³/mol. The third-order valence-corrected chi connectivity index (χ3v) is 7.00. The summed E-state index contributed by atoms with van der Waals surface area (Å²) in [4.78, 5) is 39.2. The van der Waals surface area contributed by atoms with E-state index in [-0.39, 0.29) is 25.0 Å². The predicted octanol–water partition coefficient (Wildman–Crippen LogP) is 1.62. The van der Waals surface area contributed by atoms with Gasteiger partial charge < -0.3 is 4.74 Å². The molecule has 0 spiro atoms. The maximum absolute atomic E-state index is 12.0. The minimum Gasteiger partial charge on any atom is -0.445 e. The molecule has 1 N–H and O–H groups in total. The summed E-state index contributed by atoms with van der Waals surface area (Å²) in [6.07, 6.45) is -0.176. The normalized spacial score (nSPS) is 16.7. The van der Waals surface area contributed by atoms with E-state index in [0.29, 0.717) is 5.03 Å². The number of aromatic nitrogens is 1. The van der Waals surface area contributed by atoms with Crippen molar-refractivity contribution >= 4 is 49.2 Å². The zero-order valence-corrected chi connectivity index (χ0v) is 16.2. The molecular formula is C15H17NO7S3. The van der Waals surface area contributed by atoms with Crippen LogP contribution in [-0.2, 0) is 29.2 Å². The number of ether oxygens (including phenoxy) is 1. The van der Waals surface area contributed by atoms with Crippen molar-refractivity contribution in [2.24, 2.45) is 0 Å². The van der Waals surface area contributed by atoms with Crippen molar-refractivity contribution in [3.63, 3.8) is 0 Å². The number of esters is 1. The molecule has 1 atom stereocenters. The molecule has 0 aromatic carbocycles. The average molecular weight is 420 g/mol. The molecule has 0 saturated heterocycles. The van der Waals surface area contributed by atoms with Crippen LogP contribution >= 0.6 is 21.6 Å². The van der Waals surface area contributed by atoms with Gasteiger partial charge in [0.15, 0.2) is 16.8 Å². The van der Waals surface area contributed by atoms with E-state index >= 15 is 0 Å². The highest BCUT2D eigenvalue weighted by atomic mass is 33.1. The van der Waals surface area contributed by atoms with Crippen LogP contribution in [0, 0.1) is 6.92 Å². The number of hydrogen-bond donors (Lipinski definition) is 1. The molecule has 0 bridgehead atoms. The number of aryl methyl sites for hydroxylation is 1. The Kier molecular flexibility index (Phi) is 7.21. The second-order valence-corrected chi connectivity index (χ2v) is 9.66. The molecule has 1 aromatic rings. The van der Waals surface area contributed by atoms with Crippen LogP contribution in [0.15, 0.2) is 23.4 Å². The van der Waals surface area contributed by atoms with E-state index in [1.807, 2.05) is 13.0 Å². The number of nitrogens with zero attached hydrogens (tertiary/aromatic N) is 1. The van der Waals surface area contributed by atoms with Gasteiger partial charge in [-0.15, -0.1) is 0 Å². The molecule has 0 amide bonds. The Balaban J connectivity index is 1.90. The first-order chi connectivity index (χ1) is 12.2. The van der Waals surface area contributed by atoms with Crippen molar-refractivity contribution in [1.29, 1.82) is 0 Å². The van der Waals surface area contributed by atoms with Gasteiger partial charge in [-0.1, -0.05) is 16.9 Å². The number of carbonyl (C=O) groups is 3. The van der Waals surface area contributed by atoms with Crippen molar-refractivity contribution in [3.05, 3.63) is 23.9 Å². The van der Waals surface area contributed by atoms with Gasteiger partial charge >= 0.3 is 5.97 Å². The molecule has 11 heteroatoms. The fourth-order valence-electron chi connectivity index (χ4n) is 2.16. The molecule has 1 fully saturated rings. The Hall–Kier alpha value is -1.43. The molecular weight excluding hydrogens is 402 g/mol. The summed E-state index contributed by atoms with van der Waals surface area (Å²) in [6.45, 7) is 1.90. The first-order valence-electron chi connectivity index (χ1n) is 7.63. The van der Waals surface area contributed by atoms with Crippen LogP contribution in [0.1, 0.15) is 24.8 Å². The van der Waals surface area contributed by atoms with Gasteiger partial charge in [-0.05, 0) is 35.8 Å². The van der Waals surface area contributed by atoms with E-state index in [4.69, 9.17) is 4.74 Å². The third kappa shape index (κ3) is 5.79. The summed E-state index contributed by atoms with van der Waals surface area (Å²) in [5.41, 5.74) is 1.00. The van der Waals surface area contributed by atoms with Crippen molar-refractivity contribution in [1.82, 2.24) is 4.98 Å². The lowest BCUT2D eigenvalue weighted by atomic mass is 10.2. The van der Waals surface area contributed by atoms with Gasteiger partial charge in [0.2, 0.25) is 6.10 Å². The number of ketones is 2. The van der Waals surface area contributed by atoms with Gasteiger partial charge in [0.25, 0.3) is 10.1 Å². The smallest absolute Gasteiger partial charge is 0.328 e. The van der Waals surface area contributed by atoms with E-state index in [0.717, 1.165) is 5.56 Å². The molecule has 0 aliphatic heterocycles. The third-order valence-electron chi connectivity index (χ3n) is 3.55. The number of carbonyl (C=O) groups excluding carboxylic acids is 3. The fourth-order valence-corrected chi connectivity index (χ4v) is 4.98. The number of rotatable bonds is 8. The van der Waals surface area contributed by atoms with E-state index in [1.54, 1.807) is 12.3 Å². The van der Waals surface area contributed by atoms with Crippen LogP contribution in [0.2, 0.25) is 0 Å². The van der Waals surface area contributed by atoms with Crippen LogP contribution in [-0.4, -0.2) is 52.6 Å². The average Bonchev–Trinajstić information content (AvgIpc) is 2.87. The topological polar surface area (TPSA) is 128 Å². The van der Waals surface area contributed by atoms with Crippen LogP contribution < -0.4 is 0 Å². The SMILES string of the molecule is Cc1ccc(SSCCC(C(=O)OC2C(=O)CCC2=O)S(=O)(=O)O)nc1. The summed E-state index contributed by atoms with van der Waals surface area (Å²) in [6, 6.07) is 3.68. The Morgan fingerprint density at radius 2 is 2.00 bits per heavy atom. The highest BCUT2D eigenvalue weighted by Gasteiger charge is 2.40. The molecule has 26 heavy (non-hydrogen) atoms. The van der Waals surface area contributed by atoms with Crippen molar-refractivity contribution in [3.8, 4) is 0 Å². The first-order valence-corrected chi connectivity index (χ1v) is 11.4. The summed E-state index contributed by atoms with van der Waals surface area (Å²) in [5.74, 6) is -2.22. The van der Waals surface area contributed by atoms with Gasteiger partial charge in [0.05, 0.1) is 0 Å². The Bertz CT molecular complexity index is 776. The molecule has 1 saturated carbocycles. The second kappa shape index (κ2) is 8.98. The Labute approximate surface area is 158 Å². The summed E-state index contributed by atoms with van der Waals surface area (Å²) in [7, 11) is -2.18. The molecule has 8 nitrogen and oxygen atoms in total. The molecule has 1 aromatic heterocycles. The minimum atomic E-state index is -4.73. The highest BCUT2D eigenvalue weighted by Crippen LogP contribution is 2.30. The number of Topliss-reactive ketones (excluding diaryl/α,β-unsaturated/α-hetero) is 2. The standard InChI is InChI=1S/C15H17NO7S3/c1-9-2-5-13(16-8-9)25-24-7-6-12(26(20,21)22)15(19)23-14-10(17)3-4-11(14)18/h2,5,8,12,14H,3-4,6-7H2,1H3,(H,20,21,22). The molecule has 142 valence electrons. The largest absolute Gasteiger partial charge is 0.445 e. The number of pyridine rings is 1. The second-order valence-electron chi connectivity index (χ2n) is 5.62. The lowest BCUT2D eigenvalue weighted by molar-refractivity contribution is -0.157. The Morgan fingerprint density at radius 1 is 1.35 bits per heavy atom.